The van der Waals surface area contributed by atoms with E-state index in [-0.39, 0.29) is 0 Å². The zero-order chi connectivity index (χ0) is 12.1. The predicted octanol–water partition coefficient (Wildman–Crippen LogP) is 2.95. The summed E-state index contributed by atoms with van der Waals surface area (Å²) in [7, 11) is 0. The highest BCUT2D eigenvalue weighted by atomic mass is 79.9. The number of anilines is 1. The molecule has 2 N–H and O–H groups in total. The van der Waals surface area contributed by atoms with Gasteiger partial charge < -0.3 is 10.6 Å². The first-order chi connectivity index (χ1) is 8.25. The molecule has 3 nitrogen and oxygen atoms in total. The Balaban J connectivity index is 1.75. The molecule has 0 saturated carbocycles. The molecule has 0 spiro atoms. The normalized spacial score (nSPS) is 20.2. The monoisotopic (exact) mass is 297 g/mol. The standard InChI is InChI=1S/C13H20BrN3/c1-10-7-13(17-9-12(10)14)16-6-4-11-3-2-5-15-8-11/h7,9,11,15H,2-6,8H2,1H3,(H,16,17). The maximum atomic E-state index is 4.35. The zero-order valence-electron chi connectivity index (χ0n) is 10.3. The summed E-state index contributed by atoms with van der Waals surface area (Å²) in [5, 5.41) is 6.85. The van der Waals surface area contributed by atoms with Crippen LogP contribution >= 0.6 is 15.9 Å². The van der Waals surface area contributed by atoms with E-state index < -0.39 is 0 Å². The smallest absolute Gasteiger partial charge is 0.126 e. The maximum Gasteiger partial charge on any atom is 0.126 e. The molecule has 2 rings (SSSR count). The fourth-order valence-corrected chi connectivity index (χ4v) is 2.43. The van der Waals surface area contributed by atoms with Crippen molar-refractivity contribution in [1.82, 2.24) is 10.3 Å². The van der Waals surface area contributed by atoms with Crippen molar-refractivity contribution in [2.24, 2.45) is 5.92 Å². The van der Waals surface area contributed by atoms with Gasteiger partial charge in [-0.15, -0.1) is 0 Å². The molecule has 0 aromatic carbocycles. The van der Waals surface area contributed by atoms with Gasteiger partial charge >= 0.3 is 0 Å². The average molecular weight is 298 g/mol. The van der Waals surface area contributed by atoms with Crippen LogP contribution in [0.25, 0.3) is 0 Å². The van der Waals surface area contributed by atoms with Crippen molar-refractivity contribution in [3.05, 3.63) is 22.3 Å². The Labute approximate surface area is 112 Å². The van der Waals surface area contributed by atoms with E-state index in [4.69, 9.17) is 0 Å². The Morgan fingerprint density at radius 3 is 3.18 bits per heavy atom. The van der Waals surface area contributed by atoms with Crippen LogP contribution < -0.4 is 10.6 Å². The zero-order valence-corrected chi connectivity index (χ0v) is 11.9. The molecule has 1 fully saturated rings. The summed E-state index contributed by atoms with van der Waals surface area (Å²) >= 11 is 3.46. The first kappa shape index (κ1) is 12.8. The van der Waals surface area contributed by atoms with Crippen LogP contribution in [0.2, 0.25) is 0 Å². The van der Waals surface area contributed by atoms with Gasteiger partial charge in [0.05, 0.1) is 0 Å². The molecule has 1 aliphatic rings. The van der Waals surface area contributed by atoms with Crippen molar-refractivity contribution in [2.75, 3.05) is 25.0 Å². The minimum absolute atomic E-state index is 0.827. The molecule has 94 valence electrons. The molecule has 1 aromatic rings. The van der Waals surface area contributed by atoms with E-state index in [9.17, 15) is 0 Å². The van der Waals surface area contributed by atoms with E-state index in [1.165, 1.54) is 37.9 Å². The molecule has 0 aliphatic carbocycles. The number of nitrogens with one attached hydrogen (secondary N) is 2. The van der Waals surface area contributed by atoms with Crippen LogP contribution in [-0.4, -0.2) is 24.6 Å². The summed E-state index contributed by atoms with van der Waals surface area (Å²) in [4.78, 5) is 4.35. The van der Waals surface area contributed by atoms with E-state index >= 15 is 0 Å². The van der Waals surface area contributed by atoms with Gasteiger partial charge in [0, 0.05) is 17.2 Å². The number of aromatic nitrogens is 1. The number of pyridine rings is 1. The van der Waals surface area contributed by atoms with Crippen LogP contribution in [0.3, 0.4) is 0 Å². The van der Waals surface area contributed by atoms with Crippen LogP contribution in [0, 0.1) is 12.8 Å². The lowest BCUT2D eigenvalue weighted by molar-refractivity contribution is 0.364. The molecule has 1 aromatic heterocycles. The molecule has 0 amide bonds. The first-order valence-corrected chi connectivity index (χ1v) is 7.12. The van der Waals surface area contributed by atoms with Crippen LogP contribution in [0.5, 0.6) is 0 Å². The Kier molecular flexibility index (Phi) is 4.80. The fraction of sp³-hybridized carbons (Fsp3) is 0.615. The van der Waals surface area contributed by atoms with E-state index in [0.29, 0.717) is 0 Å². The summed E-state index contributed by atoms with van der Waals surface area (Å²) in [5.74, 6) is 1.81. The highest BCUT2D eigenvalue weighted by molar-refractivity contribution is 9.10. The fourth-order valence-electron chi connectivity index (χ4n) is 2.21. The summed E-state index contributed by atoms with van der Waals surface area (Å²) in [6.07, 6.45) is 5.77. The second kappa shape index (κ2) is 6.36. The molecule has 1 atom stereocenters. The summed E-state index contributed by atoms with van der Waals surface area (Å²) in [6, 6.07) is 2.09. The Morgan fingerprint density at radius 2 is 2.47 bits per heavy atom. The summed E-state index contributed by atoms with van der Waals surface area (Å²) in [6.45, 7) is 5.47. The van der Waals surface area contributed by atoms with E-state index in [2.05, 4.69) is 44.5 Å². The lowest BCUT2D eigenvalue weighted by Gasteiger charge is -2.22. The third kappa shape index (κ3) is 3.96. The summed E-state index contributed by atoms with van der Waals surface area (Å²) in [5.41, 5.74) is 1.22. The van der Waals surface area contributed by atoms with Gasteiger partial charge in [-0.2, -0.15) is 0 Å². The van der Waals surface area contributed by atoms with Gasteiger partial charge in [0.1, 0.15) is 5.82 Å². The van der Waals surface area contributed by atoms with Crippen molar-refractivity contribution >= 4 is 21.7 Å². The molecule has 1 saturated heterocycles. The lowest BCUT2D eigenvalue weighted by atomic mass is 9.96. The van der Waals surface area contributed by atoms with Crippen LogP contribution in [0.15, 0.2) is 16.7 Å². The molecule has 1 aliphatic heterocycles. The number of hydrogen-bond donors (Lipinski definition) is 2. The minimum Gasteiger partial charge on any atom is -0.370 e. The van der Waals surface area contributed by atoms with Crippen molar-refractivity contribution in [3.8, 4) is 0 Å². The molecular weight excluding hydrogens is 278 g/mol. The van der Waals surface area contributed by atoms with Crippen molar-refractivity contribution < 1.29 is 0 Å². The number of hydrogen-bond acceptors (Lipinski definition) is 3. The molecule has 0 bridgehead atoms. The van der Waals surface area contributed by atoms with Gasteiger partial charge in [-0.1, -0.05) is 0 Å². The second-order valence-electron chi connectivity index (χ2n) is 4.75. The maximum absolute atomic E-state index is 4.35. The number of rotatable bonds is 4. The molecular formula is C13H20BrN3. The van der Waals surface area contributed by atoms with E-state index in [0.717, 1.165) is 22.8 Å². The highest BCUT2D eigenvalue weighted by Gasteiger charge is 2.12. The summed E-state index contributed by atoms with van der Waals surface area (Å²) < 4.78 is 1.07. The van der Waals surface area contributed by atoms with Crippen molar-refractivity contribution in [2.45, 2.75) is 26.2 Å². The minimum atomic E-state index is 0.827. The van der Waals surface area contributed by atoms with E-state index in [1.807, 2.05) is 6.20 Å². The molecule has 4 heteroatoms. The lowest BCUT2D eigenvalue weighted by Crippen LogP contribution is -2.30. The van der Waals surface area contributed by atoms with Gasteiger partial charge in [0.15, 0.2) is 0 Å². The molecule has 1 unspecified atom stereocenters. The third-order valence-electron chi connectivity index (χ3n) is 3.30. The Bertz CT molecular complexity index is 362. The van der Waals surface area contributed by atoms with Crippen LogP contribution in [-0.2, 0) is 0 Å². The quantitative estimate of drug-likeness (QED) is 0.897. The molecule has 0 radical (unpaired) electrons. The van der Waals surface area contributed by atoms with Gasteiger partial charge in [0.2, 0.25) is 0 Å². The van der Waals surface area contributed by atoms with E-state index in [1.54, 1.807) is 0 Å². The first-order valence-electron chi connectivity index (χ1n) is 6.32. The topological polar surface area (TPSA) is 37.0 Å². The van der Waals surface area contributed by atoms with Crippen LogP contribution in [0.4, 0.5) is 5.82 Å². The number of halogens is 1. The van der Waals surface area contributed by atoms with Gasteiger partial charge in [-0.25, -0.2) is 4.98 Å². The third-order valence-corrected chi connectivity index (χ3v) is 4.13. The largest absolute Gasteiger partial charge is 0.370 e. The second-order valence-corrected chi connectivity index (χ2v) is 5.60. The number of aryl methyl sites for hydroxylation is 1. The highest BCUT2D eigenvalue weighted by Crippen LogP contribution is 2.18. The van der Waals surface area contributed by atoms with Crippen molar-refractivity contribution in [3.63, 3.8) is 0 Å². The van der Waals surface area contributed by atoms with Gasteiger partial charge in [-0.05, 0) is 72.8 Å². The van der Waals surface area contributed by atoms with Gasteiger partial charge in [0.25, 0.3) is 0 Å². The number of nitrogens with zero attached hydrogens (tertiary/aromatic N) is 1. The van der Waals surface area contributed by atoms with Crippen LogP contribution in [0.1, 0.15) is 24.8 Å². The predicted molar refractivity (Wildman–Crippen MR) is 75.4 cm³/mol. The number of piperidine rings is 1. The van der Waals surface area contributed by atoms with Crippen molar-refractivity contribution in [1.29, 1.82) is 0 Å². The average Bonchev–Trinajstić information content (AvgIpc) is 2.35. The van der Waals surface area contributed by atoms with Gasteiger partial charge in [-0.3, -0.25) is 0 Å². The Hall–Kier alpha value is -0.610. The molecule has 2 heterocycles. The molecule has 17 heavy (non-hydrogen) atoms. The Morgan fingerprint density at radius 1 is 1.59 bits per heavy atom. The SMILES string of the molecule is Cc1cc(NCCC2CCCNC2)ncc1Br.